The van der Waals surface area contributed by atoms with Gasteiger partial charge in [0, 0.05) is 0 Å². The number of piperazine rings is 1. The standard InChI is InChI=1S/C4H10N2O4/c7-1-2(8)6-4(10)3(9)5-1/h1-10H. The van der Waals surface area contributed by atoms with Crippen molar-refractivity contribution in [2.24, 2.45) is 0 Å². The Hall–Kier alpha value is -0.240. The summed E-state index contributed by atoms with van der Waals surface area (Å²) in [5, 5.41) is 39.3. The molecule has 1 aliphatic rings. The molecule has 1 rings (SSSR count). The molecule has 60 valence electrons. The fourth-order valence-electron chi connectivity index (χ4n) is 0.714. The van der Waals surface area contributed by atoms with Crippen molar-refractivity contribution in [1.29, 1.82) is 0 Å². The predicted molar refractivity (Wildman–Crippen MR) is 30.3 cm³/mol. The smallest absolute Gasteiger partial charge is 0.146 e. The van der Waals surface area contributed by atoms with Crippen LogP contribution in [0, 0.1) is 0 Å². The normalized spacial score (nSPS) is 49.2. The van der Waals surface area contributed by atoms with E-state index in [1.165, 1.54) is 0 Å². The lowest BCUT2D eigenvalue weighted by atomic mass is 10.3. The largest absolute Gasteiger partial charge is 0.374 e. The zero-order valence-electron chi connectivity index (χ0n) is 5.10. The molecule has 1 heterocycles. The summed E-state index contributed by atoms with van der Waals surface area (Å²) < 4.78 is 0. The highest BCUT2D eigenvalue weighted by atomic mass is 16.4. The lowest BCUT2D eigenvalue weighted by molar-refractivity contribution is -0.152. The molecule has 0 aromatic rings. The van der Waals surface area contributed by atoms with Crippen LogP contribution in [0.2, 0.25) is 0 Å². The Morgan fingerprint density at radius 1 is 0.600 bits per heavy atom. The average molecular weight is 150 g/mol. The molecule has 0 aromatic heterocycles. The molecule has 4 atom stereocenters. The molecule has 0 aliphatic carbocycles. The Labute approximate surface area is 57.1 Å². The summed E-state index contributed by atoms with van der Waals surface area (Å²) in [6, 6.07) is 0. The van der Waals surface area contributed by atoms with E-state index >= 15 is 0 Å². The summed E-state index contributed by atoms with van der Waals surface area (Å²) in [5.41, 5.74) is 0. The molecule has 0 saturated carbocycles. The molecule has 0 amide bonds. The third-order valence-electron chi connectivity index (χ3n) is 1.28. The first kappa shape index (κ1) is 7.86. The van der Waals surface area contributed by atoms with Crippen molar-refractivity contribution < 1.29 is 20.4 Å². The molecule has 0 radical (unpaired) electrons. The summed E-state index contributed by atoms with van der Waals surface area (Å²) >= 11 is 0. The summed E-state index contributed by atoms with van der Waals surface area (Å²) in [7, 11) is 0. The number of aliphatic hydroxyl groups is 4. The van der Waals surface area contributed by atoms with Crippen LogP contribution in [-0.4, -0.2) is 45.3 Å². The Morgan fingerprint density at radius 2 is 0.800 bits per heavy atom. The summed E-state index contributed by atoms with van der Waals surface area (Å²) in [4.78, 5) is 0. The molecule has 0 spiro atoms. The number of nitrogens with one attached hydrogen (secondary N) is 2. The Morgan fingerprint density at radius 3 is 1.00 bits per heavy atom. The van der Waals surface area contributed by atoms with Gasteiger partial charge in [0.1, 0.15) is 24.9 Å². The third kappa shape index (κ3) is 1.43. The maximum atomic E-state index is 8.77. The second-order valence-corrected chi connectivity index (χ2v) is 2.11. The first-order valence-corrected chi connectivity index (χ1v) is 2.85. The quantitative estimate of drug-likeness (QED) is 0.214. The molecule has 1 aliphatic heterocycles. The second-order valence-electron chi connectivity index (χ2n) is 2.11. The summed E-state index contributed by atoms with van der Waals surface area (Å²) in [6.07, 6.45) is -5.01. The number of hydrogen-bond acceptors (Lipinski definition) is 6. The van der Waals surface area contributed by atoms with Crippen LogP contribution in [0.25, 0.3) is 0 Å². The van der Waals surface area contributed by atoms with Crippen LogP contribution in [0.1, 0.15) is 0 Å². The van der Waals surface area contributed by atoms with Gasteiger partial charge in [0.25, 0.3) is 0 Å². The average Bonchev–Trinajstić information content (AvgIpc) is 1.84. The Balaban J connectivity index is 2.46. The molecule has 4 unspecified atom stereocenters. The van der Waals surface area contributed by atoms with Crippen molar-refractivity contribution in [3.63, 3.8) is 0 Å². The number of aliphatic hydroxyl groups excluding tert-OH is 4. The van der Waals surface area contributed by atoms with E-state index in [1.807, 2.05) is 0 Å². The maximum absolute atomic E-state index is 8.77. The van der Waals surface area contributed by atoms with Crippen molar-refractivity contribution in [2.75, 3.05) is 0 Å². The van der Waals surface area contributed by atoms with E-state index < -0.39 is 24.9 Å². The molecule has 6 nitrogen and oxygen atoms in total. The Bertz CT molecular complexity index is 95.8. The van der Waals surface area contributed by atoms with Gasteiger partial charge in [-0.05, 0) is 0 Å². The Kier molecular flexibility index (Phi) is 2.19. The monoisotopic (exact) mass is 150 g/mol. The lowest BCUT2D eigenvalue weighted by Crippen LogP contribution is -2.65. The van der Waals surface area contributed by atoms with E-state index in [1.54, 1.807) is 0 Å². The van der Waals surface area contributed by atoms with Crippen LogP contribution < -0.4 is 10.6 Å². The topological polar surface area (TPSA) is 105 Å². The fraction of sp³-hybridized carbons (Fsp3) is 1.00. The van der Waals surface area contributed by atoms with E-state index in [9.17, 15) is 0 Å². The van der Waals surface area contributed by atoms with Crippen LogP contribution in [0.3, 0.4) is 0 Å². The van der Waals surface area contributed by atoms with Crippen LogP contribution in [0.4, 0.5) is 0 Å². The zero-order valence-corrected chi connectivity index (χ0v) is 5.10. The van der Waals surface area contributed by atoms with Gasteiger partial charge in [-0.1, -0.05) is 0 Å². The molecule has 0 bridgehead atoms. The van der Waals surface area contributed by atoms with Gasteiger partial charge in [-0.3, -0.25) is 10.6 Å². The van der Waals surface area contributed by atoms with Crippen LogP contribution in [-0.2, 0) is 0 Å². The first-order valence-electron chi connectivity index (χ1n) is 2.85. The van der Waals surface area contributed by atoms with Gasteiger partial charge in [-0.25, -0.2) is 0 Å². The molecule has 1 fully saturated rings. The maximum Gasteiger partial charge on any atom is 0.146 e. The lowest BCUT2D eigenvalue weighted by Gasteiger charge is -2.33. The van der Waals surface area contributed by atoms with Crippen LogP contribution in [0.15, 0.2) is 0 Å². The molecular formula is C4H10N2O4. The van der Waals surface area contributed by atoms with Gasteiger partial charge in [-0.15, -0.1) is 0 Å². The molecule has 10 heavy (non-hydrogen) atoms. The summed E-state index contributed by atoms with van der Waals surface area (Å²) in [6.45, 7) is 0. The first-order chi connectivity index (χ1) is 4.61. The van der Waals surface area contributed by atoms with Crippen LogP contribution in [0.5, 0.6) is 0 Å². The number of hydrogen-bond donors (Lipinski definition) is 6. The highest BCUT2D eigenvalue weighted by molar-refractivity contribution is 4.76. The van der Waals surface area contributed by atoms with Gasteiger partial charge in [-0.2, -0.15) is 0 Å². The minimum Gasteiger partial charge on any atom is -0.374 e. The van der Waals surface area contributed by atoms with Crippen molar-refractivity contribution in [1.82, 2.24) is 10.6 Å². The fourth-order valence-corrected chi connectivity index (χ4v) is 0.714. The number of rotatable bonds is 0. The van der Waals surface area contributed by atoms with Crippen molar-refractivity contribution in [3.8, 4) is 0 Å². The second kappa shape index (κ2) is 2.79. The van der Waals surface area contributed by atoms with E-state index in [4.69, 9.17) is 20.4 Å². The highest BCUT2D eigenvalue weighted by Crippen LogP contribution is 1.99. The van der Waals surface area contributed by atoms with Crippen LogP contribution >= 0.6 is 0 Å². The highest BCUT2D eigenvalue weighted by Gasteiger charge is 2.31. The van der Waals surface area contributed by atoms with Gasteiger partial charge < -0.3 is 20.4 Å². The predicted octanol–water partition coefficient (Wildman–Crippen LogP) is -3.55. The minimum absolute atomic E-state index is 1.25. The van der Waals surface area contributed by atoms with Gasteiger partial charge >= 0.3 is 0 Å². The molecule has 6 heteroatoms. The molecule has 1 saturated heterocycles. The van der Waals surface area contributed by atoms with E-state index in [0.717, 1.165) is 0 Å². The van der Waals surface area contributed by atoms with Crippen molar-refractivity contribution in [2.45, 2.75) is 24.9 Å². The minimum atomic E-state index is -1.25. The van der Waals surface area contributed by atoms with E-state index in [-0.39, 0.29) is 0 Å². The van der Waals surface area contributed by atoms with Crippen molar-refractivity contribution in [3.05, 3.63) is 0 Å². The molecule has 0 aromatic carbocycles. The zero-order chi connectivity index (χ0) is 7.72. The van der Waals surface area contributed by atoms with E-state index in [0.29, 0.717) is 0 Å². The third-order valence-corrected chi connectivity index (χ3v) is 1.28. The van der Waals surface area contributed by atoms with Crippen molar-refractivity contribution >= 4 is 0 Å². The summed E-state index contributed by atoms with van der Waals surface area (Å²) in [5.74, 6) is 0. The van der Waals surface area contributed by atoms with Gasteiger partial charge in [0.2, 0.25) is 0 Å². The molecule has 6 N–H and O–H groups in total. The van der Waals surface area contributed by atoms with Gasteiger partial charge in [0.05, 0.1) is 0 Å². The van der Waals surface area contributed by atoms with Gasteiger partial charge in [0.15, 0.2) is 0 Å². The molecular weight excluding hydrogens is 140 g/mol. The SMILES string of the molecule is OC1NC(O)C(O)NC1O. The van der Waals surface area contributed by atoms with E-state index in [2.05, 4.69) is 10.6 Å².